The molecule has 0 bridgehead atoms. The molecule has 2 heteroatoms. The van der Waals surface area contributed by atoms with Crippen LogP contribution < -0.4 is 5.32 Å². The number of rotatable bonds is 5. The lowest BCUT2D eigenvalue weighted by Gasteiger charge is -2.07. The molecule has 0 radical (unpaired) electrons. The number of anilines is 1. The first-order valence-electron chi connectivity index (χ1n) is 5.86. The van der Waals surface area contributed by atoms with Crippen molar-refractivity contribution in [3.05, 3.63) is 65.7 Å². The maximum absolute atomic E-state index is 9.04. The molecule has 2 aromatic rings. The monoisotopic (exact) mass is 227 g/mol. The topological polar surface area (TPSA) is 32.3 Å². The van der Waals surface area contributed by atoms with Crippen molar-refractivity contribution in [2.24, 2.45) is 0 Å². The van der Waals surface area contributed by atoms with Gasteiger partial charge in [-0.05, 0) is 29.7 Å². The van der Waals surface area contributed by atoms with E-state index in [1.54, 1.807) is 0 Å². The minimum Gasteiger partial charge on any atom is -0.392 e. The maximum atomic E-state index is 9.04. The van der Waals surface area contributed by atoms with Gasteiger partial charge in [-0.2, -0.15) is 0 Å². The largest absolute Gasteiger partial charge is 0.392 e. The average Bonchev–Trinajstić information content (AvgIpc) is 2.40. The number of nitrogens with one attached hydrogen (secondary N) is 1. The van der Waals surface area contributed by atoms with Crippen LogP contribution in [0.2, 0.25) is 0 Å². The maximum Gasteiger partial charge on any atom is 0.0682 e. The number of aliphatic hydroxyl groups excluding tert-OH is 1. The summed E-state index contributed by atoms with van der Waals surface area (Å²) in [6, 6.07) is 18.3. The molecule has 0 heterocycles. The van der Waals surface area contributed by atoms with Gasteiger partial charge in [-0.1, -0.05) is 42.5 Å². The van der Waals surface area contributed by atoms with Crippen LogP contribution in [0.4, 0.5) is 5.69 Å². The van der Waals surface area contributed by atoms with Gasteiger partial charge < -0.3 is 10.4 Å². The van der Waals surface area contributed by atoms with Crippen molar-refractivity contribution in [3.63, 3.8) is 0 Å². The minimum absolute atomic E-state index is 0.0915. The van der Waals surface area contributed by atoms with E-state index in [2.05, 4.69) is 29.6 Å². The minimum atomic E-state index is 0.0915. The van der Waals surface area contributed by atoms with E-state index < -0.39 is 0 Å². The van der Waals surface area contributed by atoms with E-state index >= 15 is 0 Å². The van der Waals surface area contributed by atoms with Crippen LogP contribution in [-0.2, 0) is 13.0 Å². The summed E-state index contributed by atoms with van der Waals surface area (Å²) >= 11 is 0. The van der Waals surface area contributed by atoms with Crippen molar-refractivity contribution in [1.29, 1.82) is 0 Å². The fourth-order valence-electron chi connectivity index (χ4n) is 1.78. The Labute approximate surface area is 102 Å². The van der Waals surface area contributed by atoms with Crippen molar-refractivity contribution in [1.82, 2.24) is 0 Å². The molecule has 2 aromatic carbocycles. The molecular formula is C15H17NO. The molecule has 0 saturated heterocycles. The molecule has 0 aromatic heterocycles. The van der Waals surface area contributed by atoms with Crippen LogP contribution in [0.25, 0.3) is 0 Å². The van der Waals surface area contributed by atoms with Crippen molar-refractivity contribution in [2.45, 2.75) is 13.0 Å². The van der Waals surface area contributed by atoms with Gasteiger partial charge in [0.05, 0.1) is 6.61 Å². The van der Waals surface area contributed by atoms with E-state index in [-0.39, 0.29) is 6.61 Å². The molecule has 0 aliphatic rings. The van der Waals surface area contributed by atoms with Crippen LogP contribution in [0.15, 0.2) is 54.6 Å². The van der Waals surface area contributed by atoms with Gasteiger partial charge in [-0.3, -0.25) is 0 Å². The summed E-state index contributed by atoms with van der Waals surface area (Å²) in [5, 5.41) is 12.4. The molecule has 0 spiro atoms. The highest BCUT2D eigenvalue weighted by molar-refractivity contribution is 5.45. The van der Waals surface area contributed by atoms with Gasteiger partial charge in [0.25, 0.3) is 0 Å². The standard InChI is InChI=1S/C15H17NO/c17-12-14-7-4-8-15(11-14)16-10-9-13-5-2-1-3-6-13/h1-8,11,16-17H,9-10,12H2. The number of hydrogen-bond donors (Lipinski definition) is 2. The lowest BCUT2D eigenvalue weighted by atomic mass is 10.1. The van der Waals surface area contributed by atoms with Gasteiger partial charge in [-0.25, -0.2) is 0 Å². The summed E-state index contributed by atoms with van der Waals surface area (Å²) in [6.07, 6.45) is 1.00. The average molecular weight is 227 g/mol. The van der Waals surface area contributed by atoms with Crippen LogP contribution in [0, 0.1) is 0 Å². The highest BCUT2D eigenvalue weighted by Crippen LogP contribution is 2.10. The van der Waals surface area contributed by atoms with E-state index in [9.17, 15) is 0 Å². The zero-order valence-electron chi connectivity index (χ0n) is 9.76. The second kappa shape index (κ2) is 6.06. The second-order valence-electron chi connectivity index (χ2n) is 4.02. The van der Waals surface area contributed by atoms with Crippen molar-refractivity contribution < 1.29 is 5.11 Å². The van der Waals surface area contributed by atoms with Crippen LogP contribution in [-0.4, -0.2) is 11.7 Å². The third-order valence-corrected chi connectivity index (χ3v) is 2.70. The van der Waals surface area contributed by atoms with E-state index in [1.807, 2.05) is 30.3 Å². The summed E-state index contributed by atoms with van der Waals surface area (Å²) in [4.78, 5) is 0. The molecular weight excluding hydrogens is 210 g/mol. The lowest BCUT2D eigenvalue weighted by molar-refractivity contribution is 0.282. The number of benzene rings is 2. The van der Waals surface area contributed by atoms with Crippen molar-refractivity contribution in [2.75, 3.05) is 11.9 Å². The zero-order valence-corrected chi connectivity index (χ0v) is 9.76. The zero-order chi connectivity index (χ0) is 11.9. The van der Waals surface area contributed by atoms with Gasteiger partial charge in [0.2, 0.25) is 0 Å². The molecule has 2 rings (SSSR count). The van der Waals surface area contributed by atoms with Crippen LogP contribution in [0.1, 0.15) is 11.1 Å². The summed E-state index contributed by atoms with van der Waals surface area (Å²) in [6.45, 7) is 0.993. The highest BCUT2D eigenvalue weighted by atomic mass is 16.3. The molecule has 2 nitrogen and oxygen atoms in total. The summed E-state index contributed by atoms with van der Waals surface area (Å²) in [7, 11) is 0. The van der Waals surface area contributed by atoms with Gasteiger partial charge in [0.15, 0.2) is 0 Å². The molecule has 0 amide bonds. The Hall–Kier alpha value is -1.80. The third-order valence-electron chi connectivity index (χ3n) is 2.70. The molecule has 0 aliphatic carbocycles. The first-order chi connectivity index (χ1) is 8.38. The van der Waals surface area contributed by atoms with Crippen LogP contribution in [0.5, 0.6) is 0 Å². The van der Waals surface area contributed by atoms with Crippen molar-refractivity contribution in [3.8, 4) is 0 Å². The highest BCUT2D eigenvalue weighted by Gasteiger charge is 1.95. The summed E-state index contributed by atoms with van der Waals surface area (Å²) in [5.74, 6) is 0. The molecule has 0 fully saturated rings. The predicted molar refractivity (Wildman–Crippen MR) is 71.0 cm³/mol. The number of aliphatic hydroxyl groups is 1. The molecule has 88 valence electrons. The fraction of sp³-hybridized carbons (Fsp3) is 0.200. The van der Waals surface area contributed by atoms with Crippen molar-refractivity contribution >= 4 is 5.69 Å². The smallest absolute Gasteiger partial charge is 0.0682 e. The Balaban J connectivity index is 1.86. The van der Waals surface area contributed by atoms with E-state index in [1.165, 1.54) is 5.56 Å². The van der Waals surface area contributed by atoms with Gasteiger partial charge in [0, 0.05) is 12.2 Å². The van der Waals surface area contributed by atoms with Gasteiger partial charge in [-0.15, -0.1) is 0 Å². The van der Waals surface area contributed by atoms with Gasteiger partial charge in [0.1, 0.15) is 0 Å². The first-order valence-corrected chi connectivity index (χ1v) is 5.86. The predicted octanol–water partition coefficient (Wildman–Crippen LogP) is 2.83. The molecule has 0 unspecified atom stereocenters. The third kappa shape index (κ3) is 3.61. The second-order valence-corrected chi connectivity index (χ2v) is 4.02. The molecule has 0 aliphatic heterocycles. The Bertz CT molecular complexity index is 453. The molecule has 0 saturated carbocycles. The van der Waals surface area contributed by atoms with Crippen LogP contribution >= 0.6 is 0 Å². The van der Waals surface area contributed by atoms with E-state index in [0.717, 1.165) is 24.2 Å². The van der Waals surface area contributed by atoms with E-state index in [4.69, 9.17) is 5.11 Å². The fourth-order valence-corrected chi connectivity index (χ4v) is 1.78. The Morgan fingerprint density at radius 1 is 0.882 bits per heavy atom. The van der Waals surface area contributed by atoms with Gasteiger partial charge >= 0.3 is 0 Å². The summed E-state index contributed by atoms with van der Waals surface area (Å²) in [5.41, 5.74) is 3.33. The normalized spacial score (nSPS) is 10.2. The lowest BCUT2D eigenvalue weighted by Crippen LogP contribution is -2.04. The number of hydrogen-bond acceptors (Lipinski definition) is 2. The Kier molecular flexibility index (Phi) is 4.17. The quantitative estimate of drug-likeness (QED) is 0.823. The Morgan fingerprint density at radius 2 is 1.65 bits per heavy atom. The molecule has 2 N–H and O–H groups in total. The molecule has 0 atom stereocenters. The van der Waals surface area contributed by atoms with E-state index in [0.29, 0.717) is 0 Å². The first kappa shape index (κ1) is 11.7. The SMILES string of the molecule is OCc1cccc(NCCc2ccccc2)c1. The molecule has 17 heavy (non-hydrogen) atoms. The van der Waals surface area contributed by atoms with Crippen LogP contribution in [0.3, 0.4) is 0 Å². The summed E-state index contributed by atoms with van der Waals surface area (Å²) < 4.78 is 0. The Morgan fingerprint density at radius 3 is 2.41 bits per heavy atom.